The van der Waals surface area contributed by atoms with Gasteiger partial charge in [-0.15, -0.1) is 0 Å². The van der Waals surface area contributed by atoms with E-state index in [4.69, 9.17) is 7.16 Å². The predicted molar refractivity (Wildman–Crippen MR) is 148 cm³/mol. The monoisotopic (exact) mass is 486 g/mol. The van der Waals surface area contributed by atoms with E-state index in [0.29, 0.717) is 27.8 Å². The van der Waals surface area contributed by atoms with Gasteiger partial charge in [0.25, 0.3) is 0 Å². The number of benzene rings is 3. The molecule has 0 saturated heterocycles. The van der Waals surface area contributed by atoms with Gasteiger partial charge < -0.3 is 4.42 Å². The Morgan fingerprint density at radius 2 is 1.73 bits per heavy atom. The van der Waals surface area contributed by atoms with Gasteiger partial charge in [0.2, 0.25) is 5.69 Å². The lowest BCUT2D eigenvalue weighted by molar-refractivity contribution is -0.660. The Morgan fingerprint density at radius 3 is 2.51 bits per heavy atom. The molecular formula is C34H31N2O+. The van der Waals surface area contributed by atoms with Crippen molar-refractivity contribution in [3.05, 3.63) is 89.1 Å². The summed E-state index contributed by atoms with van der Waals surface area (Å²) in [6, 6.07) is 22.2. The molecule has 3 nitrogen and oxygen atoms in total. The minimum absolute atomic E-state index is 0.142. The zero-order valence-electron chi connectivity index (χ0n) is 24.3. The third kappa shape index (κ3) is 3.36. The van der Waals surface area contributed by atoms with Crippen LogP contribution in [0.3, 0.4) is 0 Å². The van der Waals surface area contributed by atoms with Crippen LogP contribution in [0.2, 0.25) is 0 Å². The van der Waals surface area contributed by atoms with Crippen LogP contribution in [0.5, 0.6) is 0 Å². The molecule has 37 heavy (non-hydrogen) atoms. The lowest BCUT2D eigenvalue weighted by atomic mass is 9.85. The fourth-order valence-electron chi connectivity index (χ4n) is 6.60. The van der Waals surface area contributed by atoms with Crippen molar-refractivity contribution in [1.82, 2.24) is 0 Å². The van der Waals surface area contributed by atoms with Crippen molar-refractivity contribution in [1.29, 1.82) is 5.26 Å². The van der Waals surface area contributed by atoms with E-state index < -0.39 is 12.3 Å². The Labute approximate surface area is 222 Å². The summed E-state index contributed by atoms with van der Waals surface area (Å²) in [5.74, 6) is -0.819. The van der Waals surface area contributed by atoms with Crippen molar-refractivity contribution in [3.63, 3.8) is 0 Å². The van der Waals surface area contributed by atoms with Gasteiger partial charge in [-0.1, -0.05) is 43.2 Å². The Hall–Kier alpha value is -3.90. The molecule has 1 atom stereocenters. The van der Waals surface area contributed by atoms with Gasteiger partial charge in [-0.05, 0) is 84.8 Å². The Bertz CT molecular complexity index is 1880. The molecule has 2 aromatic heterocycles. The van der Waals surface area contributed by atoms with Gasteiger partial charge in [0.15, 0.2) is 6.20 Å². The van der Waals surface area contributed by atoms with E-state index in [1.54, 1.807) is 0 Å². The van der Waals surface area contributed by atoms with Crippen LogP contribution in [0.15, 0.2) is 71.3 Å². The number of pyridine rings is 1. The number of nitrogens with zero attached hydrogens (tertiary/aromatic N) is 2. The maximum Gasteiger partial charge on any atom is 0.216 e. The number of rotatable bonds is 3. The standard InChI is InChI=1S/C34H31N2O/c1-21-13-15-28-29-16-14-23(20-35)32(34(29)37-33(28)31(21)30-12-5-6-19-36(30)2)27-11-7-10-25-24(17-18-26(25)27)22-8-3-4-9-22/h5-7,10-16,19,22,24H,3-4,8-9,17-18H2,1-2H3/q+1/i18D2,24D. The summed E-state index contributed by atoms with van der Waals surface area (Å²) in [4.78, 5) is 0. The van der Waals surface area contributed by atoms with Crippen LogP contribution < -0.4 is 4.57 Å². The molecule has 2 aliphatic rings. The van der Waals surface area contributed by atoms with E-state index in [-0.39, 0.29) is 12.3 Å². The average molecular weight is 487 g/mol. The molecule has 0 aliphatic heterocycles. The van der Waals surface area contributed by atoms with E-state index in [2.05, 4.69) is 35.8 Å². The summed E-state index contributed by atoms with van der Waals surface area (Å²) in [5.41, 5.74) is 7.51. The van der Waals surface area contributed by atoms with Crippen LogP contribution in [0.25, 0.3) is 44.3 Å². The third-order valence-electron chi connectivity index (χ3n) is 8.43. The second-order valence-corrected chi connectivity index (χ2v) is 10.5. The lowest BCUT2D eigenvalue weighted by Crippen LogP contribution is -2.30. The van der Waals surface area contributed by atoms with E-state index in [1.807, 2.05) is 55.7 Å². The van der Waals surface area contributed by atoms with Crippen LogP contribution in [0.4, 0.5) is 0 Å². The molecule has 2 heterocycles. The SMILES string of the molecule is [2H]C1([2H])CC([2H])(C2CCCC2)c2cccc(-c3c(C#N)ccc4c3oc3c(-c5cccc[n+]5C)c(C)ccc34)c21. The highest BCUT2D eigenvalue weighted by molar-refractivity contribution is 6.14. The Kier molecular flexibility index (Phi) is 4.47. The first kappa shape index (κ1) is 19.2. The molecule has 3 aromatic carbocycles. The maximum absolute atomic E-state index is 10.3. The molecule has 7 rings (SSSR count). The van der Waals surface area contributed by atoms with Gasteiger partial charge >= 0.3 is 0 Å². The summed E-state index contributed by atoms with van der Waals surface area (Å²) >= 11 is 0. The number of fused-ring (bicyclic) bond motifs is 4. The smallest absolute Gasteiger partial charge is 0.216 e. The topological polar surface area (TPSA) is 40.8 Å². The van der Waals surface area contributed by atoms with Gasteiger partial charge in [0, 0.05) is 32.6 Å². The second kappa shape index (κ2) is 8.60. The molecule has 0 bridgehead atoms. The number of aromatic nitrogens is 1. The lowest BCUT2D eigenvalue weighted by Gasteiger charge is -2.20. The molecule has 0 N–H and O–H groups in total. The largest absolute Gasteiger partial charge is 0.454 e. The summed E-state index contributed by atoms with van der Waals surface area (Å²) in [7, 11) is 2.02. The zero-order valence-corrected chi connectivity index (χ0v) is 21.3. The molecule has 1 fully saturated rings. The molecule has 0 radical (unpaired) electrons. The number of hydrogen-bond acceptors (Lipinski definition) is 2. The van der Waals surface area contributed by atoms with Crippen molar-refractivity contribution in [3.8, 4) is 28.5 Å². The summed E-state index contributed by atoms with van der Waals surface area (Å²) in [6.07, 6.45) is 4.60. The summed E-state index contributed by atoms with van der Waals surface area (Å²) in [5, 5.41) is 12.1. The molecule has 182 valence electrons. The first-order chi connectivity index (χ1) is 19.2. The van der Waals surface area contributed by atoms with Crippen molar-refractivity contribution < 1.29 is 13.1 Å². The van der Waals surface area contributed by atoms with E-state index in [1.165, 1.54) is 0 Å². The van der Waals surface area contributed by atoms with Crippen molar-refractivity contribution >= 4 is 21.9 Å². The quantitative estimate of drug-likeness (QED) is 0.241. The van der Waals surface area contributed by atoms with Gasteiger partial charge in [0.1, 0.15) is 18.2 Å². The highest BCUT2D eigenvalue weighted by Crippen LogP contribution is 2.49. The Balaban J connectivity index is 1.55. The Morgan fingerprint density at radius 1 is 0.946 bits per heavy atom. The van der Waals surface area contributed by atoms with Gasteiger partial charge in [0.05, 0.1) is 17.2 Å². The minimum Gasteiger partial charge on any atom is -0.454 e. The number of hydrogen-bond donors (Lipinski definition) is 0. The fourth-order valence-corrected chi connectivity index (χ4v) is 6.60. The molecule has 1 saturated carbocycles. The first-order valence-corrected chi connectivity index (χ1v) is 13.2. The van der Waals surface area contributed by atoms with Crippen molar-refractivity contribution in [2.24, 2.45) is 13.0 Å². The summed E-state index contributed by atoms with van der Waals surface area (Å²) in [6.45, 7) is 2.08. The van der Waals surface area contributed by atoms with E-state index in [0.717, 1.165) is 64.4 Å². The van der Waals surface area contributed by atoms with Crippen molar-refractivity contribution in [2.75, 3.05) is 0 Å². The van der Waals surface area contributed by atoms with Crippen LogP contribution >= 0.6 is 0 Å². The molecule has 3 heteroatoms. The van der Waals surface area contributed by atoms with E-state index in [9.17, 15) is 6.63 Å². The number of furan rings is 1. The minimum atomic E-state index is -1.68. The molecule has 1 unspecified atom stereocenters. The first-order valence-electron chi connectivity index (χ1n) is 14.7. The highest BCUT2D eigenvalue weighted by Gasteiger charge is 2.33. The number of aryl methyl sites for hydroxylation is 2. The molecule has 2 aliphatic carbocycles. The molecular weight excluding hydrogens is 452 g/mol. The van der Waals surface area contributed by atoms with E-state index >= 15 is 0 Å². The molecule has 0 spiro atoms. The highest BCUT2D eigenvalue weighted by atomic mass is 16.3. The zero-order chi connectivity index (χ0) is 27.8. The van der Waals surface area contributed by atoms with Crippen LogP contribution in [0, 0.1) is 24.2 Å². The third-order valence-corrected chi connectivity index (χ3v) is 8.43. The number of nitriles is 1. The van der Waals surface area contributed by atoms with Gasteiger partial charge in [-0.2, -0.15) is 5.26 Å². The molecule has 0 amide bonds. The summed E-state index contributed by atoms with van der Waals surface area (Å²) < 4.78 is 36.7. The van der Waals surface area contributed by atoms with Crippen LogP contribution in [0.1, 0.15) is 64.4 Å². The van der Waals surface area contributed by atoms with Crippen molar-refractivity contribution in [2.45, 2.75) is 51.3 Å². The van der Waals surface area contributed by atoms with Crippen LogP contribution in [-0.4, -0.2) is 0 Å². The van der Waals surface area contributed by atoms with Crippen LogP contribution in [-0.2, 0) is 13.4 Å². The molecule has 5 aromatic rings. The predicted octanol–water partition coefficient (Wildman–Crippen LogP) is 8.14. The fraction of sp³-hybridized carbons (Fsp3) is 0.294. The second-order valence-electron chi connectivity index (χ2n) is 10.5. The maximum atomic E-state index is 10.3. The normalized spacial score (nSPS) is 22.0. The average Bonchev–Trinajstić information content (AvgIpc) is 3.65. The van der Waals surface area contributed by atoms with Gasteiger partial charge in [-0.25, -0.2) is 4.57 Å². The van der Waals surface area contributed by atoms with Gasteiger partial charge in [-0.3, -0.25) is 0 Å².